The van der Waals surface area contributed by atoms with Gasteiger partial charge in [0.25, 0.3) is 5.91 Å². The molecule has 1 amide bonds. The molecule has 0 saturated carbocycles. The predicted molar refractivity (Wildman–Crippen MR) is 131 cm³/mol. The van der Waals surface area contributed by atoms with Crippen LogP contribution in [-0.2, 0) is 16.1 Å². The van der Waals surface area contributed by atoms with E-state index in [2.05, 4.69) is 11.6 Å². The molecule has 0 saturated heterocycles. The van der Waals surface area contributed by atoms with E-state index >= 15 is 0 Å². The lowest BCUT2D eigenvalue weighted by atomic mass is 9.91. The van der Waals surface area contributed by atoms with Crippen molar-refractivity contribution >= 4 is 33.4 Å². The summed E-state index contributed by atoms with van der Waals surface area (Å²) in [6.07, 6.45) is 1.76. The summed E-state index contributed by atoms with van der Waals surface area (Å²) in [5.74, 6) is -1.13. The number of carbonyl (C=O) groups is 2. The Morgan fingerprint density at radius 1 is 1.03 bits per heavy atom. The first-order chi connectivity index (χ1) is 16.1. The fourth-order valence-electron chi connectivity index (χ4n) is 3.73. The molecule has 0 aliphatic heterocycles. The van der Waals surface area contributed by atoms with Crippen molar-refractivity contribution in [2.45, 2.75) is 19.4 Å². The maximum atomic E-state index is 13.5. The predicted octanol–water partition coefficient (Wildman–Crippen LogP) is 5.32. The van der Waals surface area contributed by atoms with Crippen LogP contribution in [0, 0.1) is 0 Å². The largest absolute Gasteiger partial charge is 0.462 e. The lowest BCUT2D eigenvalue weighted by molar-refractivity contribution is -0.118. The van der Waals surface area contributed by atoms with Crippen molar-refractivity contribution in [2.24, 2.45) is 4.99 Å². The minimum absolute atomic E-state index is 0.248. The van der Waals surface area contributed by atoms with E-state index in [-0.39, 0.29) is 11.9 Å². The van der Waals surface area contributed by atoms with Crippen molar-refractivity contribution in [3.05, 3.63) is 113 Å². The number of ether oxygens (including phenoxy) is 1. The van der Waals surface area contributed by atoms with Crippen molar-refractivity contribution in [1.29, 1.82) is 0 Å². The van der Waals surface area contributed by atoms with Crippen LogP contribution in [0.5, 0.6) is 0 Å². The number of aromatic nitrogens is 1. The van der Waals surface area contributed by atoms with Gasteiger partial charge in [-0.15, -0.1) is 6.58 Å². The van der Waals surface area contributed by atoms with Crippen LogP contribution in [0.2, 0.25) is 0 Å². The van der Waals surface area contributed by atoms with Crippen LogP contribution in [0.1, 0.15) is 34.3 Å². The van der Waals surface area contributed by atoms with Gasteiger partial charge in [0.15, 0.2) is 4.80 Å². The van der Waals surface area contributed by atoms with Crippen molar-refractivity contribution in [2.75, 3.05) is 6.61 Å². The molecule has 0 bridgehead atoms. The van der Waals surface area contributed by atoms with E-state index in [9.17, 15) is 9.59 Å². The van der Waals surface area contributed by atoms with E-state index in [1.165, 1.54) is 11.3 Å². The summed E-state index contributed by atoms with van der Waals surface area (Å²) in [6.45, 7) is 6.43. The number of amides is 1. The molecule has 0 N–H and O–H groups in total. The second-order valence-corrected chi connectivity index (χ2v) is 8.40. The molecule has 4 rings (SSSR count). The number of esters is 1. The van der Waals surface area contributed by atoms with Crippen molar-refractivity contribution in [1.82, 2.24) is 4.57 Å². The van der Waals surface area contributed by atoms with E-state index < -0.39 is 5.92 Å². The molecule has 4 aromatic rings. The van der Waals surface area contributed by atoms with Crippen molar-refractivity contribution in [3.63, 3.8) is 0 Å². The molecular weight excluding hydrogens is 432 g/mol. The summed E-state index contributed by atoms with van der Waals surface area (Å²) in [7, 11) is 0. The van der Waals surface area contributed by atoms with E-state index in [0.717, 1.165) is 21.3 Å². The highest BCUT2D eigenvalue weighted by Crippen LogP contribution is 2.26. The molecule has 0 aliphatic rings. The highest BCUT2D eigenvalue weighted by atomic mass is 32.1. The van der Waals surface area contributed by atoms with Gasteiger partial charge in [0.05, 0.1) is 28.3 Å². The number of hydrogen-bond acceptors (Lipinski definition) is 4. The molecule has 0 unspecified atom stereocenters. The standard InChI is InChI=1S/C27H24N2O3S/c1-3-17-29-22-16-15-21(26(31)32-4-2)18-23(22)33-27(29)28-25(30)24(19-11-7-5-8-12-19)20-13-9-6-10-14-20/h3,5-16,18,24H,1,4,17H2,2H3. The fourth-order valence-corrected chi connectivity index (χ4v) is 4.82. The minimum atomic E-state index is -0.509. The Balaban J connectivity index is 1.83. The number of carbonyl (C=O) groups excluding carboxylic acids is 2. The van der Waals surface area contributed by atoms with Crippen molar-refractivity contribution < 1.29 is 14.3 Å². The third kappa shape index (κ3) is 4.86. The van der Waals surface area contributed by atoms with Crippen LogP contribution in [-0.4, -0.2) is 23.1 Å². The molecule has 0 aliphatic carbocycles. The third-order valence-corrected chi connectivity index (χ3v) is 6.27. The SMILES string of the molecule is C=CCn1c(=NC(=O)C(c2ccccc2)c2ccccc2)sc2cc(C(=O)OCC)ccc21. The second kappa shape index (κ2) is 10.2. The molecule has 3 aromatic carbocycles. The smallest absolute Gasteiger partial charge is 0.338 e. The lowest BCUT2D eigenvalue weighted by Crippen LogP contribution is -2.20. The topological polar surface area (TPSA) is 60.7 Å². The molecule has 1 heterocycles. The molecule has 0 atom stereocenters. The monoisotopic (exact) mass is 456 g/mol. The Labute approximate surface area is 196 Å². The number of thiazole rings is 1. The summed E-state index contributed by atoms with van der Waals surface area (Å²) in [5, 5.41) is 0. The number of rotatable bonds is 7. The van der Waals surface area contributed by atoms with E-state index in [1.54, 1.807) is 25.1 Å². The Bertz CT molecular complexity index is 1320. The molecule has 33 heavy (non-hydrogen) atoms. The van der Waals surface area contributed by atoms with Gasteiger partial charge in [0.2, 0.25) is 0 Å². The van der Waals surface area contributed by atoms with Gasteiger partial charge in [-0.3, -0.25) is 4.79 Å². The van der Waals surface area contributed by atoms with Gasteiger partial charge >= 0.3 is 5.97 Å². The summed E-state index contributed by atoms with van der Waals surface area (Å²) in [6, 6.07) is 24.7. The average molecular weight is 457 g/mol. The Hall–Kier alpha value is -3.77. The minimum Gasteiger partial charge on any atom is -0.462 e. The normalized spacial score (nSPS) is 11.6. The van der Waals surface area contributed by atoms with E-state index in [0.29, 0.717) is 23.5 Å². The molecular formula is C27H24N2O3S. The van der Waals surface area contributed by atoms with E-state index in [1.807, 2.05) is 71.3 Å². The summed E-state index contributed by atoms with van der Waals surface area (Å²) < 4.78 is 7.91. The van der Waals surface area contributed by atoms with Gasteiger partial charge in [0, 0.05) is 6.54 Å². The van der Waals surface area contributed by atoms with Gasteiger partial charge < -0.3 is 9.30 Å². The first kappa shape index (κ1) is 22.4. The number of fused-ring (bicyclic) bond motifs is 1. The zero-order valence-corrected chi connectivity index (χ0v) is 19.1. The van der Waals surface area contributed by atoms with Gasteiger partial charge in [0.1, 0.15) is 0 Å². The van der Waals surface area contributed by atoms with E-state index in [4.69, 9.17) is 4.74 Å². The average Bonchev–Trinajstić information content (AvgIpc) is 3.17. The van der Waals surface area contributed by atoms with Gasteiger partial charge in [-0.1, -0.05) is 78.1 Å². The molecule has 5 nitrogen and oxygen atoms in total. The zero-order chi connectivity index (χ0) is 23.2. The lowest BCUT2D eigenvalue weighted by Gasteiger charge is -2.14. The number of benzene rings is 3. The maximum Gasteiger partial charge on any atom is 0.338 e. The summed E-state index contributed by atoms with van der Waals surface area (Å²) >= 11 is 1.37. The van der Waals surface area contributed by atoms with Crippen LogP contribution < -0.4 is 4.80 Å². The molecule has 6 heteroatoms. The van der Waals surface area contributed by atoms with Crippen LogP contribution in [0.4, 0.5) is 0 Å². The fraction of sp³-hybridized carbons (Fsp3) is 0.148. The summed E-state index contributed by atoms with van der Waals surface area (Å²) in [5.41, 5.74) is 3.13. The van der Waals surface area contributed by atoms with Crippen LogP contribution in [0.25, 0.3) is 10.2 Å². The Kier molecular flexibility index (Phi) is 6.95. The van der Waals surface area contributed by atoms with Gasteiger partial charge in [-0.2, -0.15) is 4.99 Å². The van der Waals surface area contributed by atoms with Crippen LogP contribution in [0.15, 0.2) is 96.5 Å². The summed E-state index contributed by atoms with van der Waals surface area (Å²) in [4.78, 5) is 30.8. The number of hydrogen-bond donors (Lipinski definition) is 0. The molecule has 166 valence electrons. The first-order valence-corrected chi connectivity index (χ1v) is 11.5. The molecule has 0 fully saturated rings. The van der Waals surface area contributed by atoms with Crippen molar-refractivity contribution in [3.8, 4) is 0 Å². The molecule has 0 spiro atoms. The Morgan fingerprint density at radius 3 is 2.24 bits per heavy atom. The van der Waals surface area contributed by atoms with Crippen LogP contribution in [0.3, 0.4) is 0 Å². The van der Waals surface area contributed by atoms with Crippen LogP contribution >= 0.6 is 11.3 Å². The Morgan fingerprint density at radius 2 is 1.67 bits per heavy atom. The van der Waals surface area contributed by atoms with Gasteiger partial charge in [-0.05, 0) is 36.2 Å². The highest BCUT2D eigenvalue weighted by molar-refractivity contribution is 7.16. The zero-order valence-electron chi connectivity index (χ0n) is 18.3. The maximum absolute atomic E-state index is 13.5. The third-order valence-electron chi connectivity index (χ3n) is 5.22. The van der Waals surface area contributed by atoms with Gasteiger partial charge in [-0.25, -0.2) is 4.79 Å². The first-order valence-electron chi connectivity index (χ1n) is 10.7. The second-order valence-electron chi connectivity index (χ2n) is 7.39. The molecule has 1 aromatic heterocycles. The number of allylic oxidation sites excluding steroid dienone is 1. The highest BCUT2D eigenvalue weighted by Gasteiger charge is 2.23. The number of nitrogens with zero attached hydrogens (tertiary/aromatic N) is 2. The quantitative estimate of drug-likeness (QED) is 0.279. The molecule has 0 radical (unpaired) electrons.